The topological polar surface area (TPSA) is 27.7 Å². The fourth-order valence-electron chi connectivity index (χ4n) is 5.29. The second kappa shape index (κ2) is 5.77. The fraction of sp³-hybridized carbons (Fsp3) is 0.684. The number of ether oxygens (including phenoxy) is 3. The highest BCUT2D eigenvalue weighted by molar-refractivity contribution is 5.38. The summed E-state index contributed by atoms with van der Waals surface area (Å²) in [6.07, 6.45) is 7.58. The lowest BCUT2D eigenvalue weighted by Gasteiger charge is -2.54. The van der Waals surface area contributed by atoms with Gasteiger partial charge in [-0.25, -0.2) is 0 Å². The molecule has 1 aromatic rings. The molecule has 0 saturated heterocycles. The molecule has 4 aliphatic rings. The average molecular weight is 302 g/mol. The number of methoxy groups -OCH3 is 2. The Bertz CT molecular complexity index is 489. The zero-order valence-corrected chi connectivity index (χ0v) is 13.6. The third kappa shape index (κ3) is 2.60. The standard InChI is InChI=1S/C19H26O3/c1-20-17-8-14(9-18(10-17)21-2)11-22-19-15-4-12-3-13(6-15)7-16(19)5-12/h8-10,12-13,15-16,19H,3-7,11H2,1-2H3. The van der Waals surface area contributed by atoms with Crippen molar-refractivity contribution >= 4 is 0 Å². The molecule has 0 aromatic heterocycles. The van der Waals surface area contributed by atoms with Gasteiger partial charge in [0.2, 0.25) is 0 Å². The highest BCUT2D eigenvalue weighted by Gasteiger charge is 2.48. The Kier molecular flexibility index (Phi) is 3.77. The molecule has 0 unspecified atom stereocenters. The van der Waals surface area contributed by atoms with Gasteiger partial charge in [0, 0.05) is 6.07 Å². The third-order valence-electron chi connectivity index (χ3n) is 5.99. The first-order chi connectivity index (χ1) is 10.7. The maximum absolute atomic E-state index is 6.39. The van der Waals surface area contributed by atoms with Crippen LogP contribution in [-0.2, 0) is 11.3 Å². The highest BCUT2D eigenvalue weighted by Crippen LogP contribution is 2.54. The van der Waals surface area contributed by atoms with E-state index in [1.165, 1.54) is 32.1 Å². The molecule has 0 heterocycles. The van der Waals surface area contributed by atoms with Crippen molar-refractivity contribution in [1.82, 2.24) is 0 Å². The van der Waals surface area contributed by atoms with E-state index in [2.05, 4.69) is 12.1 Å². The minimum atomic E-state index is 0.477. The summed E-state index contributed by atoms with van der Waals surface area (Å²) in [7, 11) is 3.38. The lowest BCUT2D eigenvalue weighted by Crippen LogP contribution is -2.49. The molecule has 22 heavy (non-hydrogen) atoms. The van der Waals surface area contributed by atoms with E-state index in [0.29, 0.717) is 12.7 Å². The van der Waals surface area contributed by atoms with Crippen LogP contribution in [0.25, 0.3) is 0 Å². The van der Waals surface area contributed by atoms with Crippen molar-refractivity contribution in [2.45, 2.75) is 44.8 Å². The largest absolute Gasteiger partial charge is 0.497 e. The van der Waals surface area contributed by atoms with Crippen LogP contribution in [0.15, 0.2) is 18.2 Å². The van der Waals surface area contributed by atoms with Crippen molar-refractivity contribution in [3.8, 4) is 11.5 Å². The second-order valence-corrected chi connectivity index (χ2v) is 7.43. The van der Waals surface area contributed by atoms with Crippen LogP contribution in [0.1, 0.15) is 37.7 Å². The van der Waals surface area contributed by atoms with Gasteiger partial charge < -0.3 is 14.2 Å². The van der Waals surface area contributed by atoms with E-state index >= 15 is 0 Å². The quantitative estimate of drug-likeness (QED) is 0.821. The lowest BCUT2D eigenvalue weighted by atomic mass is 9.55. The Morgan fingerprint density at radius 2 is 1.36 bits per heavy atom. The summed E-state index contributed by atoms with van der Waals surface area (Å²) in [5.74, 6) is 5.29. The molecular weight excluding hydrogens is 276 g/mol. The number of rotatable bonds is 5. The molecule has 0 aliphatic heterocycles. The summed E-state index contributed by atoms with van der Waals surface area (Å²) in [6, 6.07) is 6.02. The van der Waals surface area contributed by atoms with E-state index in [1.54, 1.807) is 14.2 Å². The average Bonchev–Trinajstić information content (AvgIpc) is 2.53. The highest BCUT2D eigenvalue weighted by atomic mass is 16.5. The van der Waals surface area contributed by atoms with Crippen LogP contribution >= 0.6 is 0 Å². The van der Waals surface area contributed by atoms with Crippen molar-refractivity contribution in [2.75, 3.05) is 14.2 Å². The first-order valence-corrected chi connectivity index (χ1v) is 8.58. The van der Waals surface area contributed by atoms with Gasteiger partial charge in [-0.05, 0) is 73.5 Å². The van der Waals surface area contributed by atoms with E-state index in [9.17, 15) is 0 Å². The molecule has 0 amide bonds. The predicted molar refractivity (Wildman–Crippen MR) is 85.2 cm³/mol. The van der Waals surface area contributed by atoms with Gasteiger partial charge in [0.15, 0.2) is 0 Å². The van der Waals surface area contributed by atoms with E-state index < -0.39 is 0 Å². The summed E-state index contributed by atoms with van der Waals surface area (Å²) in [6.45, 7) is 0.667. The van der Waals surface area contributed by atoms with E-state index in [-0.39, 0.29) is 0 Å². The van der Waals surface area contributed by atoms with Gasteiger partial charge in [-0.3, -0.25) is 0 Å². The zero-order chi connectivity index (χ0) is 15.1. The Morgan fingerprint density at radius 1 is 0.818 bits per heavy atom. The summed E-state index contributed by atoms with van der Waals surface area (Å²) >= 11 is 0. The summed E-state index contributed by atoms with van der Waals surface area (Å²) in [4.78, 5) is 0. The van der Waals surface area contributed by atoms with Gasteiger partial charge in [0.25, 0.3) is 0 Å². The molecule has 4 fully saturated rings. The number of benzene rings is 1. The minimum Gasteiger partial charge on any atom is -0.497 e. The van der Waals surface area contributed by atoms with Gasteiger partial charge in [-0.15, -0.1) is 0 Å². The molecule has 4 aliphatic carbocycles. The van der Waals surface area contributed by atoms with Gasteiger partial charge >= 0.3 is 0 Å². The van der Waals surface area contributed by atoms with Crippen LogP contribution in [0.4, 0.5) is 0 Å². The summed E-state index contributed by atoms with van der Waals surface area (Å²) < 4.78 is 17.1. The molecule has 3 nitrogen and oxygen atoms in total. The van der Waals surface area contributed by atoms with Crippen LogP contribution in [0, 0.1) is 23.7 Å². The van der Waals surface area contributed by atoms with Crippen molar-refractivity contribution in [3.05, 3.63) is 23.8 Å². The minimum absolute atomic E-state index is 0.477. The Hall–Kier alpha value is -1.22. The van der Waals surface area contributed by atoms with Crippen molar-refractivity contribution < 1.29 is 14.2 Å². The normalized spacial score (nSPS) is 35.6. The van der Waals surface area contributed by atoms with Gasteiger partial charge in [0.1, 0.15) is 11.5 Å². The molecule has 4 saturated carbocycles. The third-order valence-corrected chi connectivity index (χ3v) is 5.99. The van der Waals surface area contributed by atoms with Crippen molar-refractivity contribution in [1.29, 1.82) is 0 Å². The van der Waals surface area contributed by atoms with Crippen LogP contribution in [0.2, 0.25) is 0 Å². The van der Waals surface area contributed by atoms with Crippen molar-refractivity contribution in [3.63, 3.8) is 0 Å². The number of hydrogen-bond acceptors (Lipinski definition) is 3. The van der Waals surface area contributed by atoms with Crippen LogP contribution < -0.4 is 9.47 Å². The fourth-order valence-corrected chi connectivity index (χ4v) is 5.29. The Morgan fingerprint density at radius 3 is 1.86 bits per heavy atom. The maximum Gasteiger partial charge on any atom is 0.122 e. The monoisotopic (exact) mass is 302 g/mol. The van der Waals surface area contributed by atoms with Gasteiger partial charge in [-0.1, -0.05) is 0 Å². The van der Waals surface area contributed by atoms with E-state index in [0.717, 1.165) is 40.7 Å². The number of hydrogen-bond donors (Lipinski definition) is 0. The molecule has 5 rings (SSSR count). The van der Waals surface area contributed by atoms with Crippen molar-refractivity contribution in [2.24, 2.45) is 23.7 Å². The summed E-state index contributed by atoms with van der Waals surface area (Å²) in [5.41, 5.74) is 1.14. The maximum atomic E-state index is 6.39. The van der Waals surface area contributed by atoms with Gasteiger partial charge in [-0.2, -0.15) is 0 Å². The first kappa shape index (κ1) is 14.4. The molecule has 0 spiro atoms. The molecule has 4 bridgehead atoms. The van der Waals surface area contributed by atoms with E-state index in [1.807, 2.05) is 6.07 Å². The Labute approximate surface area is 132 Å². The molecule has 3 heteroatoms. The molecule has 0 atom stereocenters. The SMILES string of the molecule is COc1cc(COC2C3CC4CC(C3)CC2C4)cc(OC)c1. The molecule has 0 radical (unpaired) electrons. The lowest BCUT2D eigenvalue weighted by molar-refractivity contribution is -0.132. The van der Waals surface area contributed by atoms with Crippen LogP contribution in [0.5, 0.6) is 11.5 Å². The summed E-state index contributed by atoms with van der Waals surface area (Å²) in [5, 5.41) is 0. The molecule has 0 N–H and O–H groups in total. The molecule has 1 aromatic carbocycles. The van der Waals surface area contributed by atoms with Crippen LogP contribution in [-0.4, -0.2) is 20.3 Å². The smallest absolute Gasteiger partial charge is 0.122 e. The molecule has 120 valence electrons. The zero-order valence-electron chi connectivity index (χ0n) is 13.6. The Balaban J connectivity index is 1.44. The second-order valence-electron chi connectivity index (χ2n) is 7.43. The first-order valence-electron chi connectivity index (χ1n) is 8.58. The van der Waals surface area contributed by atoms with Crippen LogP contribution in [0.3, 0.4) is 0 Å². The molecular formula is C19H26O3. The predicted octanol–water partition coefficient (Wildman–Crippen LogP) is 4.05. The van der Waals surface area contributed by atoms with E-state index in [4.69, 9.17) is 14.2 Å². The van der Waals surface area contributed by atoms with Gasteiger partial charge in [0.05, 0.1) is 26.9 Å².